The molecule has 21 heavy (non-hydrogen) atoms. The molecule has 6 heteroatoms. The first kappa shape index (κ1) is 15.4. The summed E-state index contributed by atoms with van der Waals surface area (Å²) < 4.78 is 29.0. The number of nitrogens with one attached hydrogen (secondary N) is 1. The second-order valence-electron chi connectivity index (χ2n) is 4.65. The highest BCUT2D eigenvalue weighted by Gasteiger charge is 2.17. The Morgan fingerprint density at radius 3 is 2.33 bits per heavy atom. The molecule has 0 amide bonds. The van der Waals surface area contributed by atoms with Gasteiger partial charge in [0.15, 0.2) is 0 Å². The van der Waals surface area contributed by atoms with E-state index in [0.717, 1.165) is 22.2 Å². The van der Waals surface area contributed by atoms with Crippen molar-refractivity contribution in [3.05, 3.63) is 63.6 Å². The van der Waals surface area contributed by atoms with E-state index in [1.165, 1.54) is 4.90 Å². The predicted molar refractivity (Wildman–Crippen MR) is 83.6 cm³/mol. The van der Waals surface area contributed by atoms with Crippen LogP contribution in [0.5, 0.6) is 0 Å². The number of rotatable bonds is 4. The minimum Gasteiger partial charge on any atom is -0.384 e. The second kappa shape index (κ2) is 6.22. The van der Waals surface area contributed by atoms with Crippen LogP contribution >= 0.6 is 15.9 Å². The van der Waals surface area contributed by atoms with Crippen molar-refractivity contribution < 1.29 is 8.78 Å². The zero-order valence-electron chi connectivity index (χ0n) is 11.3. The van der Waals surface area contributed by atoms with Crippen LogP contribution in [0.1, 0.15) is 11.1 Å². The Hall–Kier alpha value is -1.95. The van der Waals surface area contributed by atoms with Gasteiger partial charge in [-0.2, -0.15) is 0 Å². The van der Waals surface area contributed by atoms with Gasteiger partial charge in [0.25, 0.3) is 0 Å². The molecule has 110 valence electrons. The summed E-state index contributed by atoms with van der Waals surface area (Å²) in [5, 5.41) is 7.24. The molecule has 0 fully saturated rings. The Bertz CT molecular complexity index is 665. The van der Waals surface area contributed by atoms with Crippen LogP contribution in [0, 0.1) is 17.0 Å². The van der Waals surface area contributed by atoms with Crippen LogP contribution < -0.4 is 10.6 Å². The van der Waals surface area contributed by atoms with Gasteiger partial charge >= 0.3 is 0 Å². The van der Waals surface area contributed by atoms with E-state index < -0.39 is 11.6 Å². The van der Waals surface area contributed by atoms with Gasteiger partial charge in [-0.25, -0.2) is 8.78 Å². The van der Waals surface area contributed by atoms with Crippen molar-refractivity contribution in [2.75, 3.05) is 11.9 Å². The molecule has 0 aliphatic heterocycles. The Morgan fingerprint density at radius 2 is 1.81 bits per heavy atom. The van der Waals surface area contributed by atoms with Gasteiger partial charge < -0.3 is 10.6 Å². The number of amidine groups is 1. The number of nitrogens with two attached hydrogens (primary N) is 1. The van der Waals surface area contributed by atoms with Gasteiger partial charge in [0.1, 0.15) is 23.2 Å². The second-order valence-corrected chi connectivity index (χ2v) is 5.50. The highest BCUT2D eigenvalue weighted by atomic mass is 79.9. The maximum Gasteiger partial charge on any atom is 0.150 e. The molecule has 0 radical (unpaired) electrons. The van der Waals surface area contributed by atoms with Gasteiger partial charge in [-0.1, -0.05) is 34.1 Å². The summed E-state index contributed by atoms with van der Waals surface area (Å²) in [4.78, 5) is 1.48. The van der Waals surface area contributed by atoms with E-state index in [4.69, 9.17) is 11.1 Å². The van der Waals surface area contributed by atoms with Crippen molar-refractivity contribution in [1.29, 1.82) is 5.41 Å². The van der Waals surface area contributed by atoms with Crippen LogP contribution in [0.25, 0.3) is 0 Å². The molecule has 0 saturated carbocycles. The third-order valence-electron chi connectivity index (χ3n) is 3.07. The average molecular weight is 354 g/mol. The minimum atomic E-state index is -0.741. The molecule has 0 unspecified atom stereocenters. The Kier molecular flexibility index (Phi) is 4.57. The number of benzene rings is 2. The van der Waals surface area contributed by atoms with Crippen LogP contribution in [-0.2, 0) is 6.54 Å². The normalized spacial score (nSPS) is 10.5. The zero-order valence-corrected chi connectivity index (χ0v) is 12.9. The average Bonchev–Trinajstić information content (AvgIpc) is 2.40. The third-order valence-corrected chi connectivity index (χ3v) is 3.85. The molecule has 3 N–H and O–H groups in total. The molecule has 2 aromatic rings. The third kappa shape index (κ3) is 3.39. The van der Waals surface area contributed by atoms with Gasteiger partial charge in [0, 0.05) is 23.6 Å². The number of nitrogens with zero attached hydrogens (tertiary/aromatic N) is 1. The highest BCUT2D eigenvalue weighted by molar-refractivity contribution is 9.10. The monoisotopic (exact) mass is 353 g/mol. The molecule has 0 aliphatic rings. The summed E-state index contributed by atoms with van der Waals surface area (Å²) >= 11 is 3.41. The highest BCUT2D eigenvalue weighted by Crippen LogP contribution is 2.27. The van der Waals surface area contributed by atoms with Crippen molar-refractivity contribution in [2.24, 2.45) is 5.73 Å². The predicted octanol–water partition coefficient (Wildman–Crippen LogP) is 3.65. The van der Waals surface area contributed by atoms with Gasteiger partial charge in [-0.05, 0) is 23.8 Å². The van der Waals surface area contributed by atoms with E-state index in [-0.39, 0.29) is 17.1 Å². The van der Waals surface area contributed by atoms with E-state index in [2.05, 4.69) is 15.9 Å². The molecule has 0 bridgehead atoms. The summed E-state index contributed by atoms with van der Waals surface area (Å²) in [6.45, 7) is 0.342. The number of hydrogen-bond donors (Lipinski definition) is 2. The van der Waals surface area contributed by atoms with Crippen LogP contribution in [0.3, 0.4) is 0 Å². The minimum absolute atomic E-state index is 0.0306. The topological polar surface area (TPSA) is 53.1 Å². The lowest BCUT2D eigenvalue weighted by Crippen LogP contribution is -2.21. The van der Waals surface area contributed by atoms with Gasteiger partial charge in [0.05, 0.1) is 0 Å². The molecule has 0 saturated heterocycles. The van der Waals surface area contributed by atoms with E-state index >= 15 is 0 Å². The van der Waals surface area contributed by atoms with Crippen molar-refractivity contribution in [3.8, 4) is 0 Å². The molecule has 3 nitrogen and oxygen atoms in total. The largest absolute Gasteiger partial charge is 0.384 e. The van der Waals surface area contributed by atoms with E-state index in [0.29, 0.717) is 6.54 Å². The Morgan fingerprint density at radius 1 is 1.24 bits per heavy atom. The van der Waals surface area contributed by atoms with Crippen LogP contribution in [-0.4, -0.2) is 12.9 Å². The molecule has 0 aromatic heterocycles. The fourth-order valence-electron chi connectivity index (χ4n) is 2.05. The first-order chi connectivity index (χ1) is 9.90. The van der Waals surface area contributed by atoms with Crippen LogP contribution in [0.4, 0.5) is 14.5 Å². The quantitative estimate of drug-likeness (QED) is 0.651. The molecule has 0 atom stereocenters. The summed E-state index contributed by atoms with van der Waals surface area (Å²) in [6.07, 6.45) is 0. The molecule has 2 rings (SSSR count). The standard InChI is InChI=1S/C15H14BrF2N3/c1-21(8-9-4-2-3-5-11(9)16)14-12(17)6-10(15(19)20)7-13(14)18/h2-7H,8H2,1H3,(H3,19,20). The van der Waals surface area contributed by atoms with E-state index in [9.17, 15) is 8.78 Å². The molecule has 0 aliphatic carbocycles. The van der Waals surface area contributed by atoms with Crippen molar-refractivity contribution >= 4 is 27.5 Å². The molecule has 0 heterocycles. The van der Waals surface area contributed by atoms with Gasteiger partial charge in [-0.15, -0.1) is 0 Å². The number of hydrogen-bond acceptors (Lipinski definition) is 2. The lowest BCUT2D eigenvalue weighted by Gasteiger charge is -2.21. The smallest absolute Gasteiger partial charge is 0.150 e. The first-order valence-corrected chi connectivity index (χ1v) is 6.97. The number of halogens is 3. The van der Waals surface area contributed by atoms with Crippen molar-refractivity contribution in [1.82, 2.24) is 0 Å². The molecule has 0 spiro atoms. The SMILES string of the molecule is CN(Cc1ccccc1Br)c1c(F)cc(C(=N)N)cc1F. The van der Waals surface area contributed by atoms with E-state index in [1.54, 1.807) is 7.05 Å². The Balaban J connectivity index is 2.34. The fourth-order valence-corrected chi connectivity index (χ4v) is 2.46. The zero-order chi connectivity index (χ0) is 15.6. The van der Waals surface area contributed by atoms with Gasteiger partial charge in [0.2, 0.25) is 0 Å². The first-order valence-electron chi connectivity index (χ1n) is 6.18. The fraction of sp³-hybridized carbons (Fsp3) is 0.133. The van der Waals surface area contributed by atoms with Crippen molar-refractivity contribution in [3.63, 3.8) is 0 Å². The summed E-state index contributed by atoms with van der Waals surface area (Å²) in [5.74, 6) is -1.85. The summed E-state index contributed by atoms with van der Waals surface area (Å²) in [7, 11) is 1.61. The molecular weight excluding hydrogens is 340 g/mol. The number of nitrogen functional groups attached to an aromatic ring is 1. The summed E-state index contributed by atoms with van der Waals surface area (Å²) in [6, 6.07) is 9.61. The lowest BCUT2D eigenvalue weighted by molar-refractivity contribution is 0.576. The number of anilines is 1. The van der Waals surface area contributed by atoms with Crippen LogP contribution in [0.2, 0.25) is 0 Å². The maximum atomic E-state index is 14.1. The van der Waals surface area contributed by atoms with Crippen molar-refractivity contribution in [2.45, 2.75) is 6.54 Å². The van der Waals surface area contributed by atoms with E-state index in [1.807, 2.05) is 24.3 Å². The maximum absolute atomic E-state index is 14.1. The lowest BCUT2D eigenvalue weighted by atomic mass is 10.1. The molecule has 2 aromatic carbocycles. The Labute approximate surface area is 130 Å². The van der Waals surface area contributed by atoms with Crippen LogP contribution in [0.15, 0.2) is 40.9 Å². The summed E-state index contributed by atoms with van der Waals surface area (Å²) in [5.41, 5.74) is 6.05. The molecular formula is C15H14BrF2N3. The van der Waals surface area contributed by atoms with Gasteiger partial charge in [-0.3, -0.25) is 5.41 Å².